The first kappa shape index (κ1) is 24.1. The lowest BCUT2D eigenvalue weighted by Crippen LogP contribution is -2.32. The fraction of sp³-hybridized carbons (Fsp3) is 0.250. The monoisotopic (exact) mass is 500 g/mol. The van der Waals surface area contributed by atoms with E-state index in [2.05, 4.69) is 0 Å². The number of halogens is 2. The van der Waals surface area contributed by atoms with Crippen LogP contribution in [0.15, 0.2) is 59.5 Å². The summed E-state index contributed by atoms with van der Waals surface area (Å²) in [5, 5.41) is 11.4. The summed E-state index contributed by atoms with van der Waals surface area (Å²) in [5.41, 5.74) is 0.114. The summed E-state index contributed by atoms with van der Waals surface area (Å²) in [7, 11) is -4.14. The average Bonchev–Trinajstić information content (AvgIpc) is 3.17. The fourth-order valence-corrected chi connectivity index (χ4v) is 5.07. The summed E-state index contributed by atoms with van der Waals surface area (Å²) in [4.78, 5) is 21.8. The van der Waals surface area contributed by atoms with Crippen molar-refractivity contribution in [3.63, 3.8) is 0 Å². The standard InChI is InChI=1S/C20H18Cl2N2O7S/c1-2-30-19(25)10-6-15-12-23(20(31-15)17-9-3-13(21)11-18(17)22)32(28,29)16-7-4-14(5-8-16)24(26)27/h3-11,15,20H,2,12H2,1H3/b10-6+/t15-,20+/m1/s1. The topological polar surface area (TPSA) is 116 Å². The Morgan fingerprint density at radius 1 is 1.28 bits per heavy atom. The van der Waals surface area contributed by atoms with E-state index in [-0.39, 0.29) is 28.8 Å². The number of rotatable bonds is 7. The van der Waals surface area contributed by atoms with Crippen LogP contribution in [0.3, 0.4) is 0 Å². The van der Waals surface area contributed by atoms with Crippen LogP contribution in [-0.4, -0.2) is 42.9 Å². The van der Waals surface area contributed by atoms with Gasteiger partial charge in [0, 0.05) is 40.4 Å². The number of ether oxygens (including phenoxy) is 2. The second kappa shape index (κ2) is 9.97. The Morgan fingerprint density at radius 2 is 1.97 bits per heavy atom. The SMILES string of the molecule is CCOC(=O)/C=C/[C@@H]1CN(S(=O)(=O)c2ccc([N+](=O)[O-])cc2)[C@H](c2ccc(Cl)cc2Cl)O1. The molecule has 3 rings (SSSR count). The number of nitro benzene ring substituents is 1. The largest absolute Gasteiger partial charge is 0.463 e. The molecule has 1 aliphatic heterocycles. The van der Waals surface area contributed by atoms with Crippen LogP contribution < -0.4 is 0 Å². The normalized spacial score (nSPS) is 19.3. The first-order valence-corrected chi connectivity index (χ1v) is 11.5. The molecule has 2 aromatic rings. The molecule has 0 bridgehead atoms. The van der Waals surface area contributed by atoms with E-state index in [0.717, 1.165) is 34.6 Å². The molecule has 1 saturated heterocycles. The van der Waals surface area contributed by atoms with Crippen molar-refractivity contribution in [1.29, 1.82) is 0 Å². The highest BCUT2D eigenvalue weighted by molar-refractivity contribution is 7.89. The number of esters is 1. The molecule has 0 amide bonds. The Balaban J connectivity index is 1.98. The molecule has 1 aliphatic rings. The van der Waals surface area contributed by atoms with E-state index in [9.17, 15) is 23.3 Å². The Bertz CT molecular complexity index is 1150. The second-order valence-corrected chi connectivity index (χ2v) is 9.36. The summed E-state index contributed by atoms with van der Waals surface area (Å²) >= 11 is 12.2. The number of nitro groups is 1. The zero-order chi connectivity index (χ0) is 23.5. The molecule has 1 fully saturated rings. The van der Waals surface area contributed by atoms with E-state index < -0.39 is 33.2 Å². The fourth-order valence-electron chi connectivity index (χ4n) is 3.06. The van der Waals surface area contributed by atoms with Gasteiger partial charge in [0.05, 0.1) is 22.5 Å². The third kappa shape index (κ3) is 5.28. The lowest BCUT2D eigenvalue weighted by atomic mass is 10.2. The van der Waals surface area contributed by atoms with Crippen molar-refractivity contribution in [1.82, 2.24) is 4.31 Å². The molecule has 0 aliphatic carbocycles. The molecular weight excluding hydrogens is 483 g/mol. The maximum atomic E-state index is 13.4. The van der Waals surface area contributed by atoms with Crippen LogP contribution in [0.25, 0.3) is 0 Å². The van der Waals surface area contributed by atoms with Gasteiger partial charge in [-0.15, -0.1) is 0 Å². The molecule has 12 heteroatoms. The van der Waals surface area contributed by atoms with Crippen molar-refractivity contribution in [2.24, 2.45) is 0 Å². The maximum absolute atomic E-state index is 13.4. The van der Waals surface area contributed by atoms with E-state index in [1.165, 1.54) is 12.1 Å². The van der Waals surface area contributed by atoms with E-state index in [1.807, 2.05) is 0 Å². The minimum Gasteiger partial charge on any atom is -0.463 e. The molecule has 0 radical (unpaired) electrons. The number of sulfonamides is 1. The zero-order valence-electron chi connectivity index (χ0n) is 16.7. The predicted molar refractivity (Wildman–Crippen MR) is 117 cm³/mol. The van der Waals surface area contributed by atoms with Gasteiger partial charge in [0.15, 0.2) is 6.23 Å². The van der Waals surface area contributed by atoms with Crippen LogP contribution in [0, 0.1) is 10.1 Å². The molecule has 0 saturated carbocycles. The minimum absolute atomic E-state index is 0.126. The van der Waals surface area contributed by atoms with Crippen LogP contribution in [0.2, 0.25) is 10.0 Å². The third-order valence-electron chi connectivity index (χ3n) is 4.54. The number of nitrogens with zero attached hydrogens (tertiary/aromatic N) is 2. The Labute approximate surface area is 194 Å². The minimum atomic E-state index is -4.14. The van der Waals surface area contributed by atoms with E-state index in [4.69, 9.17) is 32.7 Å². The number of carbonyl (C=O) groups excluding carboxylic acids is 1. The third-order valence-corrected chi connectivity index (χ3v) is 6.93. The van der Waals surface area contributed by atoms with Gasteiger partial charge in [-0.05, 0) is 37.3 Å². The molecule has 0 aromatic heterocycles. The van der Waals surface area contributed by atoms with Gasteiger partial charge in [0.25, 0.3) is 5.69 Å². The van der Waals surface area contributed by atoms with Crippen LogP contribution in [-0.2, 0) is 24.3 Å². The van der Waals surface area contributed by atoms with E-state index in [0.29, 0.717) is 10.6 Å². The lowest BCUT2D eigenvalue weighted by molar-refractivity contribution is -0.384. The molecule has 9 nitrogen and oxygen atoms in total. The smallest absolute Gasteiger partial charge is 0.330 e. The average molecular weight is 501 g/mol. The molecular formula is C20H18Cl2N2O7S. The molecule has 0 N–H and O–H groups in total. The molecule has 0 unspecified atom stereocenters. The van der Waals surface area contributed by atoms with Gasteiger partial charge in [-0.3, -0.25) is 10.1 Å². The van der Waals surface area contributed by atoms with Crippen LogP contribution in [0.4, 0.5) is 5.69 Å². The number of carbonyl (C=O) groups is 1. The molecule has 32 heavy (non-hydrogen) atoms. The van der Waals surface area contributed by atoms with Crippen molar-refractivity contribution in [2.45, 2.75) is 24.2 Å². The van der Waals surface area contributed by atoms with Gasteiger partial charge in [0.2, 0.25) is 10.0 Å². The molecule has 2 aromatic carbocycles. The summed E-state index contributed by atoms with van der Waals surface area (Å²) < 4.78 is 38.5. The highest BCUT2D eigenvalue weighted by Gasteiger charge is 2.42. The summed E-state index contributed by atoms with van der Waals surface area (Å²) in [5.74, 6) is -0.589. The number of benzene rings is 2. The van der Waals surface area contributed by atoms with E-state index >= 15 is 0 Å². The Hall–Kier alpha value is -2.50. The van der Waals surface area contributed by atoms with Crippen LogP contribution in [0.1, 0.15) is 18.7 Å². The second-order valence-electron chi connectivity index (χ2n) is 6.63. The van der Waals surface area contributed by atoms with Gasteiger partial charge in [0.1, 0.15) is 0 Å². The van der Waals surface area contributed by atoms with Gasteiger partial charge >= 0.3 is 5.97 Å². The molecule has 1 heterocycles. The summed E-state index contributed by atoms with van der Waals surface area (Å²) in [6.07, 6.45) is 0.678. The first-order chi connectivity index (χ1) is 15.1. The molecule has 2 atom stereocenters. The Kier molecular flexibility index (Phi) is 7.52. The Morgan fingerprint density at radius 3 is 2.56 bits per heavy atom. The maximum Gasteiger partial charge on any atom is 0.330 e. The first-order valence-electron chi connectivity index (χ1n) is 9.35. The van der Waals surface area contributed by atoms with Crippen molar-refractivity contribution in [3.05, 3.63) is 80.3 Å². The number of non-ortho nitro benzene ring substituents is 1. The van der Waals surface area contributed by atoms with Crippen molar-refractivity contribution in [3.8, 4) is 0 Å². The van der Waals surface area contributed by atoms with Crippen LogP contribution >= 0.6 is 23.2 Å². The van der Waals surface area contributed by atoms with Crippen molar-refractivity contribution < 1.29 is 27.6 Å². The lowest BCUT2D eigenvalue weighted by Gasteiger charge is -2.23. The van der Waals surface area contributed by atoms with Crippen molar-refractivity contribution >= 4 is 44.9 Å². The summed E-state index contributed by atoms with van der Waals surface area (Å²) in [6.45, 7) is 1.73. The van der Waals surface area contributed by atoms with Gasteiger partial charge in [-0.25, -0.2) is 13.2 Å². The predicted octanol–water partition coefficient (Wildman–Crippen LogP) is 4.11. The molecule has 170 valence electrons. The molecule has 0 spiro atoms. The number of hydrogen-bond donors (Lipinski definition) is 0. The van der Waals surface area contributed by atoms with Gasteiger partial charge in [-0.1, -0.05) is 29.3 Å². The highest BCUT2D eigenvalue weighted by Crippen LogP contribution is 2.39. The van der Waals surface area contributed by atoms with Gasteiger partial charge < -0.3 is 9.47 Å². The zero-order valence-corrected chi connectivity index (χ0v) is 19.0. The summed E-state index contributed by atoms with van der Waals surface area (Å²) in [6, 6.07) is 9.06. The highest BCUT2D eigenvalue weighted by atomic mass is 35.5. The quantitative estimate of drug-likeness (QED) is 0.243. The van der Waals surface area contributed by atoms with Gasteiger partial charge in [-0.2, -0.15) is 4.31 Å². The van der Waals surface area contributed by atoms with Crippen molar-refractivity contribution in [2.75, 3.05) is 13.2 Å². The van der Waals surface area contributed by atoms with E-state index in [1.54, 1.807) is 19.1 Å². The van der Waals surface area contributed by atoms with Crippen LogP contribution in [0.5, 0.6) is 0 Å². The number of hydrogen-bond acceptors (Lipinski definition) is 7.